The van der Waals surface area contributed by atoms with E-state index in [1.54, 1.807) is 31.3 Å². The lowest BCUT2D eigenvalue weighted by Crippen LogP contribution is -2.15. The molecule has 0 radical (unpaired) electrons. The van der Waals surface area contributed by atoms with Gasteiger partial charge in [-0.25, -0.2) is 0 Å². The van der Waals surface area contributed by atoms with Gasteiger partial charge in [-0.15, -0.1) is 0 Å². The first kappa shape index (κ1) is 14.4. The summed E-state index contributed by atoms with van der Waals surface area (Å²) >= 11 is 0. The van der Waals surface area contributed by atoms with E-state index in [0.29, 0.717) is 5.69 Å². The number of hydrogen-bond acceptors (Lipinski definition) is 5. The highest BCUT2D eigenvalue weighted by atomic mass is 16.6. The van der Waals surface area contributed by atoms with Crippen LogP contribution in [0.4, 0.5) is 17.1 Å². The number of nitrogens with one attached hydrogen (secondary N) is 2. The Kier molecular flexibility index (Phi) is 4.13. The van der Waals surface area contributed by atoms with E-state index in [9.17, 15) is 14.9 Å². The number of nitrogens with zero attached hydrogens (tertiary/aromatic N) is 2. The van der Waals surface area contributed by atoms with Crippen molar-refractivity contribution in [3.8, 4) is 0 Å². The summed E-state index contributed by atoms with van der Waals surface area (Å²) in [7, 11) is 1.56. The van der Waals surface area contributed by atoms with E-state index < -0.39 is 10.8 Å². The summed E-state index contributed by atoms with van der Waals surface area (Å²) in [5.74, 6) is -0.551. The van der Waals surface area contributed by atoms with Crippen LogP contribution in [0.2, 0.25) is 0 Å². The van der Waals surface area contributed by atoms with Crippen LogP contribution in [0.15, 0.2) is 36.5 Å². The lowest BCUT2D eigenvalue weighted by Gasteiger charge is -2.08. The van der Waals surface area contributed by atoms with Crippen molar-refractivity contribution in [1.82, 2.24) is 4.98 Å². The van der Waals surface area contributed by atoms with Crippen LogP contribution in [0.25, 0.3) is 0 Å². The summed E-state index contributed by atoms with van der Waals surface area (Å²) in [6.45, 7) is 1.83. The number of aromatic nitrogens is 1. The molecule has 1 amide bonds. The van der Waals surface area contributed by atoms with Crippen LogP contribution in [0.1, 0.15) is 16.1 Å². The number of benzene rings is 1. The monoisotopic (exact) mass is 286 g/mol. The van der Waals surface area contributed by atoms with E-state index in [1.807, 2.05) is 6.92 Å². The molecule has 7 heteroatoms. The second-order valence-electron chi connectivity index (χ2n) is 4.35. The molecule has 2 aromatic rings. The summed E-state index contributed by atoms with van der Waals surface area (Å²) in [5.41, 5.74) is 1.32. The molecule has 7 nitrogen and oxygen atoms in total. The number of nitro benzene ring substituents is 1. The van der Waals surface area contributed by atoms with Crippen LogP contribution in [0.3, 0.4) is 0 Å². The van der Waals surface area contributed by atoms with E-state index >= 15 is 0 Å². The molecule has 21 heavy (non-hydrogen) atoms. The number of nitro groups is 1. The number of hydrogen-bond donors (Lipinski definition) is 2. The van der Waals surface area contributed by atoms with Crippen molar-refractivity contribution in [2.24, 2.45) is 0 Å². The third-order valence-corrected chi connectivity index (χ3v) is 2.90. The van der Waals surface area contributed by atoms with Gasteiger partial charge < -0.3 is 10.6 Å². The minimum absolute atomic E-state index is 0.00701. The first-order valence-electron chi connectivity index (χ1n) is 6.22. The molecule has 2 rings (SSSR count). The highest BCUT2D eigenvalue weighted by Crippen LogP contribution is 2.28. The fraction of sp³-hybridized carbons (Fsp3) is 0.143. The van der Waals surface area contributed by atoms with Gasteiger partial charge in [-0.2, -0.15) is 0 Å². The fourth-order valence-corrected chi connectivity index (χ4v) is 1.87. The Hall–Kier alpha value is -2.96. The number of pyridine rings is 1. The lowest BCUT2D eigenvalue weighted by molar-refractivity contribution is -0.384. The molecule has 1 aromatic carbocycles. The van der Waals surface area contributed by atoms with E-state index in [-0.39, 0.29) is 16.9 Å². The van der Waals surface area contributed by atoms with Gasteiger partial charge in [0.2, 0.25) is 0 Å². The highest BCUT2D eigenvalue weighted by Gasteiger charge is 2.24. The molecule has 0 fully saturated rings. The number of carbonyl (C=O) groups is 1. The Morgan fingerprint density at radius 3 is 2.62 bits per heavy atom. The average Bonchev–Trinajstić information content (AvgIpc) is 2.48. The summed E-state index contributed by atoms with van der Waals surface area (Å²) in [6.07, 6.45) is 1.50. The van der Waals surface area contributed by atoms with Crippen molar-refractivity contribution >= 4 is 23.0 Å². The first-order valence-corrected chi connectivity index (χ1v) is 6.22. The van der Waals surface area contributed by atoms with Crippen LogP contribution in [0.5, 0.6) is 0 Å². The van der Waals surface area contributed by atoms with Gasteiger partial charge in [0.25, 0.3) is 5.91 Å². The van der Waals surface area contributed by atoms with Crippen molar-refractivity contribution in [3.05, 3.63) is 57.9 Å². The number of para-hydroxylation sites is 1. The van der Waals surface area contributed by atoms with Crippen LogP contribution in [-0.4, -0.2) is 22.9 Å². The number of rotatable bonds is 4. The van der Waals surface area contributed by atoms with E-state index in [0.717, 1.165) is 5.69 Å². The minimum atomic E-state index is -0.575. The van der Waals surface area contributed by atoms with Crippen molar-refractivity contribution in [2.75, 3.05) is 17.7 Å². The zero-order chi connectivity index (χ0) is 15.4. The smallest absolute Gasteiger partial charge is 0.305 e. The molecule has 0 aliphatic heterocycles. The van der Waals surface area contributed by atoms with Gasteiger partial charge >= 0.3 is 5.69 Å². The molecule has 1 aromatic heterocycles. The Morgan fingerprint density at radius 2 is 2.05 bits per heavy atom. The van der Waals surface area contributed by atoms with Gasteiger partial charge in [0.05, 0.1) is 16.8 Å². The number of anilines is 2. The zero-order valence-electron chi connectivity index (χ0n) is 11.6. The van der Waals surface area contributed by atoms with Crippen LogP contribution in [0, 0.1) is 17.0 Å². The van der Waals surface area contributed by atoms with Gasteiger partial charge in [0, 0.05) is 12.7 Å². The standard InChI is InChI=1S/C14H14N4O3/c1-9-6-7-10(8-16-9)17-14(19)11-4-3-5-12(15-2)13(11)18(20)21/h3-8,15H,1-2H3,(H,17,19). The molecule has 2 N–H and O–H groups in total. The molecule has 108 valence electrons. The number of carbonyl (C=O) groups excluding carboxylic acids is 1. The summed E-state index contributed by atoms with van der Waals surface area (Å²) in [4.78, 5) is 26.9. The molecular formula is C14H14N4O3. The number of amides is 1. The Labute approximate surface area is 121 Å². The van der Waals surface area contributed by atoms with Gasteiger partial charge in [0.15, 0.2) is 0 Å². The second kappa shape index (κ2) is 6.00. The van der Waals surface area contributed by atoms with Crippen LogP contribution in [-0.2, 0) is 0 Å². The van der Waals surface area contributed by atoms with Crippen molar-refractivity contribution in [1.29, 1.82) is 0 Å². The third kappa shape index (κ3) is 3.14. The maximum absolute atomic E-state index is 12.2. The maximum atomic E-state index is 12.2. The van der Waals surface area contributed by atoms with Gasteiger partial charge in [-0.3, -0.25) is 19.9 Å². The first-order chi connectivity index (χ1) is 10.0. The van der Waals surface area contributed by atoms with Gasteiger partial charge in [0.1, 0.15) is 11.3 Å². The van der Waals surface area contributed by atoms with Crippen molar-refractivity contribution in [3.63, 3.8) is 0 Å². The van der Waals surface area contributed by atoms with Crippen LogP contribution < -0.4 is 10.6 Å². The Balaban J connectivity index is 2.35. The molecule has 0 saturated carbocycles. The molecule has 0 atom stereocenters. The van der Waals surface area contributed by atoms with E-state index in [4.69, 9.17) is 0 Å². The molecular weight excluding hydrogens is 272 g/mol. The van der Waals surface area contributed by atoms with Gasteiger partial charge in [-0.05, 0) is 31.2 Å². The molecule has 0 unspecified atom stereocenters. The van der Waals surface area contributed by atoms with Crippen molar-refractivity contribution in [2.45, 2.75) is 6.92 Å². The van der Waals surface area contributed by atoms with E-state index in [2.05, 4.69) is 15.6 Å². The average molecular weight is 286 g/mol. The Bertz CT molecular complexity index is 683. The molecule has 0 aliphatic rings. The zero-order valence-corrected chi connectivity index (χ0v) is 11.6. The molecule has 0 aliphatic carbocycles. The normalized spacial score (nSPS) is 10.0. The minimum Gasteiger partial charge on any atom is -0.383 e. The highest BCUT2D eigenvalue weighted by molar-refractivity contribution is 6.08. The predicted molar refractivity (Wildman–Crippen MR) is 79.6 cm³/mol. The number of aryl methyl sites for hydroxylation is 1. The lowest BCUT2D eigenvalue weighted by atomic mass is 10.1. The third-order valence-electron chi connectivity index (χ3n) is 2.90. The molecule has 0 saturated heterocycles. The summed E-state index contributed by atoms with van der Waals surface area (Å²) in [6, 6.07) is 7.97. The van der Waals surface area contributed by atoms with Gasteiger partial charge in [-0.1, -0.05) is 6.07 Å². The maximum Gasteiger partial charge on any atom is 0.305 e. The van der Waals surface area contributed by atoms with Crippen LogP contribution >= 0.6 is 0 Å². The second-order valence-corrected chi connectivity index (χ2v) is 4.35. The molecule has 1 heterocycles. The molecule has 0 spiro atoms. The SMILES string of the molecule is CNc1cccc(C(=O)Nc2ccc(C)nc2)c1[N+](=O)[O-]. The quantitative estimate of drug-likeness (QED) is 0.665. The topological polar surface area (TPSA) is 97.2 Å². The molecule has 0 bridgehead atoms. The van der Waals surface area contributed by atoms with Crippen molar-refractivity contribution < 1.29 is 9.72 Å². The Morgan fingerprint density at radius 1 is 1.29 bits per heavy atom. The summed E-state index contributed by atoms with van der Waals surface area (Å²) < 4.78 is 0. The predicted octanol–water partition coefficient (Wildman–Crippen LogP) is 2.59. The fourth-order valence-electron chi connectivity index (χ4n) is 1.87. The summed E-state index contributed by atoms with van der Waals surface area (Å²) in [5, 5.41) is 16.5. The largest absolute Gasteiger partial charge is 0.383 e. The van der Waals surface area contributed by atoms with E-state index in [1.165, 1.54) is 12.3 Å².